The molecular weight excluding hydrogens is 138 g/mol. The van der Waals surface area contributed by atoms with E-state index >= 15 is 0 Å². The predicted octanol–water partition coefficient (Wildman–Crippen LogP) is 1.50. The van der Waals surface area contributed by atoms with Crippen molar-refractivity contribution < 1.29 is 4.74 Å². The average molecular weight is 157 g/mol. The third kappa shape index (κ3) is 1.94. The normalized spacial score (nSPS) is 34.6. The number of ether oxygens (including phenoxy) is 1. The van der Waals surface area contributed by atoms with Crippen molar-refractivity contribution >= 4 is 0 Å². The van der Waals surface area contributed by atoms with Gasteiger partial charge in [-0.1, -0.05) is 0 Å². The fourth-order valence-electron chi connectivity index (χ4n) is 2.03. The maximum Gasteiger partial charge on any atom is 0.0620 e. The molecule has 1 saturated heterocycles. The predicted molar refractivity (Wildman–Crippen MR) is 46.7 cm³/mol. The van der Waals surface area contributed by atoms with Gasteiger partial charge in [-0.25, -0.2) is 0 Å². The lowest BCUT2D eigenvalue weighted by Gasteiger charge is -2.41. The van der Waals surface area contributed by atoms with Crippen molar-refractivity contribution in [1.29, 1.82) is 0 Å². The molecule has 0 aromatic carbocycles. The molecule has 2 heteroatoms. The summed E-state index contributed by atoms with van der Waals surface area (Å²) in [6.45, 7) is 10.7. The lowest BCUT2D eigenvalue weighted by Crippen LogP contribution is -2.52. The van der Waals surface area contributed by atoms with Crippen LogP contribution in [0.3, 0.4) is 0 Å². The standard InChI is InChI=1S/C9H19NO/c1-7(2)10-8(3)5-11-6-9(10)4/h7-9H,5-6H2,1-4H3/t8-,9-/m1/s1. The molecule has 0 aromatic heterocycles. The van der Waals surface area contributed by atoms with Crippen LogP contribution in [0.1, 0.15) is 27.7 Å². The van der Waals surface area contributed by atoms with Crippen LogP contribution in [0.5, 0.6) is 0 Å². The van der Waals surface area contributed by atoms with Crippen LogP contribution in [-0.4, -0.2) is 36.2 Å². The van der Waals surface area contributed by atoms with Crippen LogP contribution in [0, 0.1) is 0 Å². The Balaban J connectivity index is 2.55. The van der Waals surface area contributed by atoms with E-state index in [4.69, 9.17) is 4.74 Å². The summed E-state index contributed by atoms with van der Waals surface area (Å²) in [5.41, 5.74) is 0. The molecule has 0 amide bonds. The molecule has 0 saturated carbocycles. The van der Waals surface area contributed by atoms with Crippen LogP contribution in [0.25, 0.3) is 0 Å². The molecule has 2 nitrogen and oxygen atoms in total. The first kappa shape index (κ1) is 9.01. The smallest absolute Gasteiger partial charge is 0.0620 e. The van der Waals surface area contributed by atoms with Crippen molar-refractivity contribution in [2.45, 2.75) is 45.8 Å². The van der Waals surface area contributed by atoms with E-state index in [0.717, 1.165) is 13.2 Å². The van der Waals surface area contributed by atoms with Gasteiger partial charge in [0.05, 0.1) is 13.2 Å². The number of rotatable bonds is 1. The molecule has 0 aliphatic carbocycles. The molecule has 2 atom stereocenters. The molecule has 1 rings (SSSR count). The van der Waals surface area contributed by atoms with Gasteiger partial charge in [0.25, 0.3) is 0 Å². The van der Waals surface area contributed by atoms with Crippen LogP contribution in [0.15, 0.2) is 0 Å². The summed E-state index contributed by atoms with van der Waals surface area (Å²) < 4.78 is 5.43. The second-order valence-corrected chi connectivity index (χ2v) is 3.78. The lowest BCUT2D eigenvalue weighted by atomic mass is 10.1. The van der Waals surface area contributed by atoms with Gasteiger partial charge in [0.1, 0.15) is 0 Å². The lowest BCUT2D eigenvalue weighted by molar-refractivity contribution is -0.0513. The molecule has 1 heterocycles. The van der Waals surface area contributed by atoms with Gasteiger partial charge in [-0.05, 0) is 27.7 Å². The van der Waals surface area contributed by atoms with Gasteiger partial charge in [-0.15, -0.1) is 0 Å². The molecule has 0 radical (unpaired) electrons. The van der Waals surface area contributed by atoms with Crippen LogP contribution in [-0.2, 0) is 4.74 Å². The van der Waals surface area contributed by atoms with Crippen LogP contribution < -0.4 is 0 Å². The summed E-state index contributed by atoms with van der Waals surface area (Å²) in [7, 11) is 0. The first-order chi connectivity index (χ1) is 5.13. The van der Waals surface area contributed by atoms with E-state index in [9.17, 15) is 0 Å². The molecule has 0 unspecified atom stereocenters. The average Bonchev–Trinajstić information content (AvgIpc) is 1.85. The van der Waals surface area contributed by atoms with E-state index < -0.39 is 0 Å². The molecule has 1 aliphatic heterocycles. The quantitative estimate of drug-likeness (QED) is 0.572. The Labute approximate surface area is 69.5 Å². The van der Waals surface area contributed by atoms with Crippen LogP contribution in [0.2, 0.25) is 0 Å². The Morgan fingerprint density at radius 3 is 1.91 bits per heavy atom. The highest BCUT2D eigenvalue weighted by molar-refractivity contribution is 4.79. The number of hydrogen-bond donors (Lipinski definition) is 0. The van der Waals surface area contributed by atoms with E-state index in [0.29, 0.717) is 18.1 Å². The van der Waals surface area contributed by atoms with Gasteiger partial charge in [-0.3, -0.25) is 4.90 Å². The highest BCUT2D eigenvalue weighted by Gasteiger charge is 2.26. The maximum atomic E-state index is 5.43. The fraction of sp³-hybridized carbons (Fsp3) is 1.00. The summed E-state index contributed by atoms with van der Waals surface area (Å²) in [6.07, 6.45) is 0. The topological polar surface area (TPSA) is 12.5 Å². The summed E-state index contributed by atoms with van der Waals surface area (Å²) in [4.78, 5) is 2.52. The first-order valence-electron chi connectivity index (χ1n) is 4.48. The van der Waals surface area contributed by atoms with Gasteiger partial charge in [0, 0.05) is 18.1 Å². The molecule has 0 aromatic rings. The molecule has 1 fully saturated rings. The van der Waals surface area contributed by atoms with E-state index in [1.54, 1.807) is 0 Å². The molecule has 1 aliphatic rings. The highest BCUT2D eigenvalue weighted by Crippen LogP contribution is 2.15. The first-order valence-corrected chi connectivity index (χ1v) is 4.48. The zero-order chi connectivity index (χ0) is 8.43. The molecule has 0 N–H and O–H groups in total. The minimum atomic E-state index is 0.582. The van der Waals surface area contributed by atoms with E-state index in [1.165, 1.54) is 0 Å². The van der Waals surface area contributed by atoms with E-state index in [2.05, 4.69) is 32.6 Å². The molecule has 0 bridgehead atoms. The van der Waals surface area contributed by atoms with Crippen molar-refractivity contribution in [3.05, 3.63) is 0 Å². The Morgan fingerprint density at radius 2 is 1.64 bits per heavy atom. The van der Waals surface area contributed by atoms with E-state index in [-0.39, 0.29) is 0 Å². The SMILES string of the molecule is CC(C)N1[C@H](C)COC[C@H]1C. The zero-order valence-corrected chi connectivity index (χ0v) is 8.00. The van der Waals surface area contributed by atoms with Gasteiger partial charge >= 0.3 is 0 Å². The van der Waals surface area contributed by atoms with Crippen molar-refractivity contribution in [1.82, 2.24) is 4.90 Å². The molecule has 66 valence electrons. The molecular formula is C9H19NO. The van der Waals surface area contributed by atoms with Crippen molar-refractivity contribution in [2.24, 2.45) is 0 Å². The maximum absolute atomic E-state index is 5.43. The highest BCUT2D eigenvalue weighted by atomic mass is 16.5. The van der Waals surface area contributed by atoms with Crippen LogP contribution in [0.4, 0.5) is 0 Å². The van der Waals surface area contributed by atoms with Gasteiger partial charge in [-0.2, -0.15) is 0 Å². The second kappa shape index (κ2) is 3.55. The Bertz CT molecular complexity index is 115. The number of morpholine rings is 1. The molecule has 0 spiro atoms. The summed E-state index contributed by atoms with van der Waals surface area (Å²) in [5, 5.41) is 0. The summed E-state index contributed by atoms with van der Waals surface area (Å²) in [5.74, 6) is 0. The summed E-state index contributed by atoms with van der Waals surface area (Å²) in [6, 6.07) is 1.81. The van der Waals surface area contributed by atoms with E-state index in [1.807, 2.05) is 0 Å². The third-order valence-corrected chi connectivity index (χ3v) is 2.33. The Kier molecular flexibility index (Phi) is 2.90. The Morgan fingerprint density at radius 1 is 1.18 bits per heavy atom. The number of nitrogens with zero attached hydrogens (tertiary/aromatic N) is 1. The Hall–Kier alpha value is -0.0800. The monoisotopic (exact) mass is 157 g/mol. The second-order valence-electron chi connectivity index (χ2n) is 3.78. The van der Waals surface area contributed by atoms with Crippen molar-refractivity contribution in [3.8, 4) is 0 Å². The summed E-state index contributed by atoms with van der Waals surface area (Å²) >= 11 is 0. The zero-order valence-electron chi connectivity index (χ0n) is 8.00. The van der Waals surface area contributed by atoms with Gasteiger partial charge in [0.2, 0.25) is 0 Å². The fourth-order valence-corrected chi connectivity index (χ4v) is 2.03. The third-order valence-electron chi connectivity index (χ3n) is 2.33. The minimum absolute atomic E-state index is 0.582. The van der Waals surface area contributed by atoms with Gasteiger partial charge in [0.15, 0.2) is 0 Å². The minimum Gasteiger partial charge on any atom is -0.378 e. The van der Waals surface area contributed by atoms with Gasteiger partial charge < -0.3 is 4.74 Å². The largest absolute Gasteiger partial charge is 0.378 e. The van der Waals surface area contributed by atoms with Crippen molar-refractivity contribution in [3.63, 3.8) is 0 Å². The number of hydrogen-bond acceptors (Lipinski definition) is 2. The van der Waals surface area contributed by atoms with Crippen LogP contribution >= 0.6 is 0 Å². The van der Waals surface area contributed by atoms with Crippen molar-refractivity contribution in [2.75, 3.05) is 13.2 Å². The molecule has 11 heavy (non-hydrogen) atoms.